The second-order valence-corrected chi connectivity index (χ2v) is 2.84. The molecule has 1 aromatic heterocycles. The molecule has 1 aromatic carbocycles. The smallest absolute Gasteiger partial charge is 0.0682 e. The zero-order chi connectivity index (χ0) is 9.84. The van der Waals surface area contributed by atoms with E-state index in [9.17, 15) is 0 Å². The Kier molecular flexibility index (Phi) is 3.07. The highest BCUT2D eigenvalue weighted by Crippen LogP contribution is 2.17. The number of hydrogen-bond donors (Lipinski definition) is 1. The maximum atomic E-state index is 3.98. The highest BCUT2D eigenvalue weighted by atomic mass is 15.1. The summed E-state index contributed by atoms with van der Waals surface area (Å²) >= 11 is 0. The Labute approximate surface area is 79.0 Å². The molecular weight excluding hydrogens is 160 g/mol. The van der Waals surface area contributed by atoms with Crippen molar-refractivity contribution < 1.29 is 0 Å². The van der Waals surface area contributed by atoms with Gasteiger partial charge in [0.1, 0.15) is 0 Å². The number of hydrogen-bond acceptors (Lipinski definition) is 1. The lowest BCUT2D eigenvalue weighted by molar-refractivity contribution is 1.11. The van der Waals surface area contributed by atoms with Gasteiger partial charge in [-0.15, -0.1) is 0 Å². The topological polar surface area (TPSA) is 28.7 Å². The van der Waals surface area contributed by atoms with Crippen molar-refractivity contribution in [3.05, 3.63) is 29.5 Å². The number of aromatic nitrogens is 2. The van der Waals surface area contributed by atoms with E-state index in [1.54, 1.807) is 0 Å². The van der Waals surface area contributed by atoms with Crippen LogP contribution >= 0.6 is 0 Å². The fourth-order valence-corrected chi connectivity index (χ4v) is 1.26. The molecule has 0 atom stereocenters. The van der Waals surface area contributed by atoms with Gasteiger partial charge in [0.25, 0.3) is 0 Å². The van der Waals surface area contributed by atoms with Crippen LogP contribution in [0.4, 0.5) is 0 Å². The van der Waals surface area contributed by atoms with Gasteiger partial charge < -0.3 is 0 Å². The van der Waals surface area contributed by atoms with Crippen molar-refractivity contribution in [2.24, 2.45) is 0 Å². The van der Waals surface area contributed by atoms with Crippen molar-refractivity contribution in [1.29, 1.82) is 0 Å². The van der Waals surface area contributed by atoms with Gasteiger partial charge in [0.05, 0.1) is 11.7 Å². The van der Waals surface area contributed by atoms with Gasteiger partial charge in [0, 0.05) is 5.39 Å². The number of aromatic amines is 1. The summed E-state index contributed by atoms with van der Waals surface area (Å²) in [6, 6.07) is 4.20. The fourth-order valence-electron chi connectivity index (χ4n) is 1.26. The van der Waals surface area contributed by atoms with E-state index in [0.717, 1.165) is 5.52 Å². The minimum absolute atomic E-state index is 1.16. The van der Waals surface area contributed by atoms with Crippen LogP contribution in [0.3, 0.4) is 0 Å². The lowest BCUT2D eigenvalue weighted by Crippen LogP contribution is -1.81. The lowest BCUT2D eigenvalue weighted by Gasteiger charge is -1.98. The molecule has 0 aliphatic carbocycles. The van der Waals surface area contributed by atoms with Crippen molar-refractivity contribution >= 4 is 10.9 Å². The Morgan fingerprint density at radius 2 is 1.85 bits per heavy atom. The Morgan fingerprint density at radius 1 is 1.15 bits per heavy atom. The van der Waals surface area contributed by atoms with Crippen molar-refractivity contribution in [2.45, 2.75) is 27.7 Å². The van der Waals surface area contributed by atoms with Crippen LogP contribution in [-0.2, 0) is 0 Å². The molecule has 1 N–H and O–H groups in total. The summed E-state index contributed by atoms with van der Waals surface area (Å²) < 4.78 is 0. The summed E-state index contributed by atoms with van der Waals surface area (Å²) in [5.41, 5.74) is 3.76. The molecule has 2 rings (SSSR count). The van der Waals surface area contributed by atoms with E-state index in [1.807, 2.05) is 20.0 Å². The Bertz CT molecular complexity index is 388. The monoisotopic (exact) mass is 176 g/mol. The highest BCUT2D eigenvalue weighted by molar-refractivity contribution is 5.81. The summed E-state index contributed by atoms with van der Waals surface area (Å²) in [6.45, 7) is 8.21. The molecular formula is C11H16N2. The van der Waals surface area contributed by atoms with Gasteiger partial charge in [-0.25, -0.2) is 0 Å². The van der Waals surface area contributed by atoms with Gasteiger partial charge in [-0.1, -0.05) is 26.0 Å². The Hall–Kier alpha value is -1.31. The van der Waals surface area contributed by atoms with Gasteiger partial charge >= 0.3 is 0 Å². The second kappa shape index (κ2) is 4.08. The van der Waals surface area contributed by atoms with Crippen LogP contribution in [0.2, 0.25) is 0 Å². The average Bonchev–Trinajstić information content (AvgIpc) is 2.63. The summed E-state index contributed by atoms with van der Waals surface area (Å²) in [7, 11) is 0. The quantitative estimate of drug-likeness (QED) is 0.656. The van der Waals surface area contributed by atoms with Gasteiger partial charge in [0.2, 0.25) is 0 Å². The van der Waals surface area contributed by atoms with Crippen LogP contribution in [0.1, 0.15) is 25.0 Å². The highest BCUT2D eigenvalue weighted by Gasteiger charge is 1.99. The van der Waals surface area contributed by atoms with Crippen LogP contribution < -0.4 is 0 Å². The molecule has 1 heterocycles. The number of nitrogens with zero attached hydrogens (tertiary/aromatic N) is 1. The normalized spacial score (nSPS) is 9.54. The van der Waals surface area contributed by atoms with E-state index >= 15 is 0 Å². The minimum atomic E-state index is 1.16. The van der Waals surface area contributed by atoms with Crippen molar-refractivity contribution in [3.8, 4) is 0 Å². The van der Waals surface area contributed by atoms with Crippen molar-refractivity contribution in [1.82, 2.24) is 10.2 Å². The van der Waals surface area contributed by atoms with Crippen LogP contribution in [0.15, 0.2) is 18.3 Å². The van der Waals surface area contributed by atoms with Crippen molar-refractivity contribution in [2.75, 3.05) is 0 Å². The largest absolute Gasteiger partial charge is 0.278 e. The number of fused-ring (bicyclic) bond motifs is 1. The van der Waals surface area contributed by atoms with E-state index in [4.69, 9.17) is 0 Å². The molecule has 0 aliphatic rings. The van der Waals surface area contributed by atoms with E-state index in [2.05, 4.69) is 36.2 Å². The molecule has 2 nitrogen and oxygen atoms in total. The molecule has 0 aliphatic heterocycles. The zero-order valence-corrected chi connectivity index (χ0v) is 8.68. The number of nitrogens with one attached hydrogen (secondary N) is 1. The maximum absolute atomic E-state index is 3.98. The molecule has 0 saturated heterocycles. The third-order valence-corrected chi connectivity index (χ3v) is 2.15. The number of aryl methyl sites for hydroxylation is 2. The Balaban J connectivity index is 0.000000396. The van der Waals surface area contributed by atoms with E-state index in [1.165, 1.54) is 16.5 Å². The fraction of sp³-hybridized carbons (Fsp3) is 0.364. The average molecular weight is 176 g/mol. The first-order chi connectivity index (χ1) is 6.29. The maximum Gasteiger partial charge on any atom is 0.0682 e. The molecule has 0 bridgehead atoms. The van der Waals surface area contributed by atoms with Crippen LogP contribution in [0.25, 0.3) is 10.9 Å². The predicted octanol–water partition coefficient (Wildman–Crippen LogP) is 3.21. The molecule has 0 unspecified atom stereocenters. The molecule has 0 saturated carbocycles. The standard InChI is InChI=1S/C9H10N2.C2H6/c1-6-3-4-8-5-10-11-9(8)7(6)2;1-2/h3-5H,1-2H3,(H,10,11);1-2H3. The van der Waals surface area contributed by atoms with E-state index in [0.29, 0.717) is 0 Å². The SMILES string of the molecule is CC.Cc1ccc2cn[nH]c2c1C. The molecule has 70 valence electrons. The molecule has 0 amide bonds. The predicted molar refractivity (Wildman–Crippen MR) is 56.9 cm³/mol. The van der Waals surface area contributed by atoms with Crippen molar-refractivity contribution in [3.63, 3.8) is 0 Å². The molecule has 13 heavy (non-hydrogen) atoms. The summed E-state index contributed by atoms with van der Waals surface area (Å²) in [4.78, 5) is 0. The summed E-state index contributed by atoms with van der Waals surface area (Å²) in [5, 5.41) is 8.14. The van der Waals surface area contributed by atoms with Crippen LogP contribution in [0.5, 0.6) is 0 Å². The second-order valence-electron chi connectivity index (χ2n) is 2.84. The number of H-pyrrole nitrogens is 1. The first-order valence-electron chi connectivity index (χ1n) is 4.68. The molecule has 0 radical (unpaired) electrons. The van der Waals surface area contributed by atoms with Crippen LogP contribution in [0, 0.1) is 13.8 Å². The molecule has 0 spiro atoms. The number of benzene rings is 1. The van der Waals surface area contributed by atoms with Gasteiger partial charge in [-0.05, 0) is 25.0 Å². The van der Waals surface area contributed by atoms with Crippen LogP contribution in [-0.4, -0.2) is 10.2 Å². The molecule has 2 heteroatoms. The lowest BCUT2D eigenvalue weighted by atomic mass is 10.1. The third-order valence-electron chi connectivity index (χ3n) is 2.15. The van der Waals surface area contributed by atoms with Gasteiger partial charge in [-0.3, -0.25) is 5.10 Å². The van der Waals surface area contributed by atoms with E-state index in [-0.39, 0.29) is 0 Å². The van der Waals surface area contributed by atoms with Gasteiger partial charge in [0.15, 0.2) is 0 Å². The Morgan fingerprint density at radius 3 is 2.54 bits per heavy atom. The first kappa shape index (κ1) is 9.78. The third kappa shape index (κ3) is 1.72. The number of rotatable bonds is 0. The molecule has 2 aromatic rings. The first-order valence-corrected chi connectivity index (χ1v) is 4.68. The summed E-state index contributed by atoms with van der Waals surface area (Å²) in [6.07, 6.45) is 1.85. The molecule has 0 fully saturated rings. The summed E-state index contributed by atoms with van der Waals surface area (Å²) in [5.74, 6) is 0. The zero-order valence-electron chi connectivity index (χ0n) is 8.68. The van der Waals surface area contributed by atoms with Gasteiger partial charge in [-0.2, -0.15) is 5.10 Å². The van der Waals surface area contributed by atoms with E-state index < -0.39 is 0 Å². The minimum Gasteiger partial charge on any atom is -0.278 e.